The van der Waals surface area contributed by atoms with Crippen LogP contribution in [-0.2, 0) is 16.0 Å². The Morgan fingerprint density at radius 2 is 2.24 bits per heavy atom. The topological polar surface area (TPSA) is 30.5 Å². The maximum Gasteiger partial charge on any atom is 0.131 e. The molecule has 1 aromatic carbocycles. The second-order valence-electron chi connectivity index (χ2n) is 4.99. The molecule has 1 unspecified atom stereocenters. The molecule has 0 aliphatic carbocycles. The maximum absolute atomic E-state index is 13.9. The van der Waals surface area contributed by atoms with Gasteiger partial charge in [-0.05, 0) is 29.1 Å². The molecule has 1 N–H and O–H groups in total. The summed E-state index contributed by atoms with van der Waals surface area (Å²) in [6, 6.07) is 9.13. The van der Waals surface area contributed by atoms with Crippen molar-refractivity contribution in [2.24, 2.45) is 0 Å². The molecule has 0 saturated carbocycles. The van der Waals surface area contributed by atoms with Crippen LogP contribution < -0.4 is 5.32 Å². The molecule has 3 nitrogen and oxygen atoms in total. The highest BCUT2D eigenvalue weighted by Crippen LogP contribution is 2.28. The predicted molar refractivity (Wildman–Crippen MR) is 82.0 cm³/mol. The van der Waals surface area contributed by atoms with Gasteiger partial charge in [0, 0.05) is 23.5 Å². The van der Waals surface area contributed by atoms with Crippen LogP contribution >= 0.6 is 11.3 Å². The Morgan fingerprint density at radius 1 is 1.29 bits per heavy atom. The lowest BCUT2D eigenvalue weighted by molar-refractivity contribution is -0.0864. The van der Waals surface area contributed by atoms with E-state index < -0.39 is 0 Å². The van der Waals surface area contributed by atoms with E-state index in [1.54, 1.807) is 11.3 Å². The Labute approximate surface area is 127 Å². The minimum atomic E-state index is -0.176. The lowest BCUT2D eigenvalue weighted by atomic mass is 10.1. The molecule has 1 aromatic heterocycles. The molecule has 2 heterocycles. The Kier molecular flexibility index (Phi) is 4.98. The summed E-state index contributed by atoms with van der Waals surface area (Å²) in [5.74, 6) is -0.176. The minimum Gasteiger partial charge on any atom is -0.376 e. The SMILES string of the molecule is Fc1ccc(CNCC2COCCO2)cc1-c1cccs1. The van der Waals surface area contributed by atoms with Crippen LogP contribution in [0.25, 0.3) is 10.4 Å². The zero-order chi connectivity index (χ0) is 14.5. The summed E-state index contributed by atoms with van der Waals surface area (Å²) >= 11 is 1.55. The second-order valence-corrected chi connectivity index (χ2v) is 5.94. The number of rotatable bonds is 5. The van der Waals surface area contributed by atoms with Gasteiger partial charge in [-0.2, -0.15) is 0 Å². The third-order valence-corrected chi connectivity index (χ3v) is 4.31. The van der Waals surface area contributed by atoms with Crippen molar-refractivity contribution in [2.45, 2.75) is 12.6 Å². The summed E-state index contributed by atoms with van der Waals surface area (Å²) in [5, 5.41) is 5.30. The van der Waals surface area contributed by atoms with Crippen LogP contribution in [0.5, 0.6) is 0 Å². The van der Waals surface area contributed by atoms with E-state index in [9.17, 15) is 4.39 Å². The van der Waals surface area contributed by atoms with Gasteiger partial charge in [0.05, 0.1) is 25.9 Å². The highest BCUT2D eigenvalue weighted by atomic mass is 32.1. The summed E-state index contributed by atoms with van der Waals surface area (Å²) in [6.07, 6.45) is 0.107. The quantitative estimate of drug-likeness (QED) is 0.921. The smallest absolute Gasteiger partial charge is 0.131 e. The molecule has 5 heteroatoms. The number of hydrogen-bond acceptors (Lipinski definition) is 4. The van der Waals surface area contributed by atoms with E-state index in [0.29, 0.717) is 31.9 Å². The lowest BCUT2D eigenvalue weighted by Gasteiger charge is -2.23. The van der Waals surface area contributed by atoms with Gasteiger partial charge in [0.25, 0.3) is 0 Å². The van der Waals surface area contributed by atoms with Crippen LogP contribution in [0.1, 0.15) is 5.56 Å². The summed E-state index contributed by atoms with van der Waals surface area (Å²) in [6.45, 7) is 3.41. The molecule has 1 saturated heterocycles. The van der Waals surface area contributed by atoms with E-state index in [1.807, 2.05) is 29.6 Å². The molecule has 1 fully saturated rings. The van der Waals surface area contributed by atoms with Crippen LogP contribution in [0.2, 0.25) is 0 Å². The Balaban J connectivity index is 1.59. The Morgan fingerprint density at radius 3 is 3.00 bits per heavy atom. The van der Waals surface area contributed by atoms with Crippen molar-refractivity contribution in [1.29, 1.82) is 0 Å². The Bertz CT molecular complexity index is 568. The molecule has 0 spiro atoms. The molecular weight excluding hydrogens is 289 g/mol. The molecule has 3 rings (SSSR count). The second kappa shape index (κ2) is 7.13. The number of ether oxygens (including phenoxy) is 2. The molecule has 112 valence electrons. The van der Waals surface area contributed by atoms with Crippen molar-refractivity contribution in [3.63, 3.8) is 0 Å². The monoisotopic (exact) mass is 307 g/mol. The third kappa shape index (κ3) is 3.89. The number of hydrogen-bond donors (Lipinski definition) is 1. The van der Waals surface area contributed by atoms with E-state index in [2.05, 4.69) is 5.32 Å². The number of benzene rings is 1. The normalized spacial score (nSPS) is 18.8. The van der Waals surface area contributed by atoms with Gasteiger partial charge in [-0.1, -0.05) is 12.1 Å². The zero-order valence-electron chi connectivity index (χ0n) is 11.7. The van der Waals surface area contributed by atoms with Gasteiger partial charge >= 0.3 is 0 Å². The van der Waals surface area contributed by atoms with Gasteiger partial charge in [0.2, 0.25) is 0 Å². The van der Waals surface area contributed by atoms with Crippen LogP contribution in [0.3, 0.4) is 0 Å². The third-order valence-electron chi connectivity index (χ3n) is 3.40. The first-order valence-electron chi connectivity index (χ1n) is 7.05. The van der Waals surface area contributed by atoms with Gasteiger partial charge in [-0.3, -0.25) is 0 Å². The van der Waals surface area contributed by atoms with E-state index in [0.717, 1.165) is 17.0 Å². The first-order valence-corrected chi connectivity index (χ1v) is 7.93. The van der Waals surface area contributed by atoms with Crippen LogP contribution in [0.15, 0.2) is 35.7 Å². The van der Waals surface area contributed by atoms with Crippen molar-refractivity contribution in [3.8, 4) is 10.4 Å². The standard InChI is InChI=1S/C16H18FNO2S/c17-15-4-3-12(8-14(15)16-2-1-7-21-16)9-18-10-13-11-19-5-6-20-13/h1-4,7-8,13,18H,5-6,9-11H2. The van der Waals surface area contributed by atoms with Gasteiger partial charge in [0.15, 0.2) is 0 Å². The fraction of sp³-hybridized carbons (Fsp3) is 0.375. The van der Waals surface area contributed by atoms with E-state index in [4.69, 9.17) is 9.47 Å². The van der Waals surface area contributed by atoms with Crippen LogP contribution in [0, 0.1) is 5.82 Å². The zero-order valence-corrected chi connectivity index (χ0v) is 12.5. The summed E-state index contributed by atoms with van der Waals surface area (Å²) < 4.78 is 24.8. The molecule has 2 aromatic rings. The number of halogens is 1. The first kappa shape index (κ1) is 14.7. The summed E-state index contributed by atoms with van der Waals surface area (Å²) in [5.41, 5.74) is 1.73. The molecule has 0 bridgehead atoms. The molecule has 1 aliphatic rings. The van der Waals surface area contributed by atoms with E-state index in [-0.39, 0.29) is 11.9 Å². The predicted octanol–water partition coefficient (Wildman–Crippen LogP) is 3.06. The molecule has 0 radical (unpaired) electrons. The van der Waals surface area contributed by atoms with Crippen molar-refractivity contribution >= 4 is 11.3 Å². The summed E-state index contributed by atoms with van der Waals surface area (Å²) in [7, 11) is 0. The molecule has 1 atom stereocenters. The van der Waals surface area contributed by atoms with Gasteiger partial charge in [-0.25, -0.2) is 4.39 Å². The average molecular weight is 307 g/mol. The van der Waals surface area contributed by atoms with Crippen LogP contribution in [-0.4, -0.2) is 32.5 Å². The van der Waals surface area contributed by atoms with Crippen molar-refractivity contribution in [3.05, 3.63) is 47.1 Å². The van der Waals surface area contributed by atoms with Crippen LogP contribution in [0.4, 0.5) is 4.39 Å². The lowest BCUT2D eigenvalue weighted by Crippen LogP contribution is -2.37. The van der Waals surface area contributed by atoms with Gasteiger partial charge in [0.1, 0.15) is 5.82 Å². The largest absolute Gasteiger partial charge is 0.376 e. The van der Waals surface area contributed by atoms with Gasteiger partial charge in [-0.15, -0.1) is 11.3 Å². The van der Waals surface area contributed by atoms with E-state index in [1.165, 1.54) is 6.07 Å². The van der Waals surface area contributed by atoms with Crippen molar-refractivity contribution in [1.82, 2.24) is 5.32 Å². The van der Waals surface area contributed by atoms with Crippen molar-refractivity contribution < 1.29 is 13.9 Å². The molecule has 0 amide bonds. The molecular formula is C16H18FNO2S. The Hall–Kier alpha value is -1.27. The highest BCUT2D eigenvalue weighted by Gasteiger charge is 2.13. The van der Waals surface area contributed by atoms with Crippen molar-refractivity contribution in [2.75, 3.05) is 26.4 Å². The molecule has 21 heavy (non-hydrogen) atoms. The number of thiophene rings is 1. The van der Waals surface area contributed by atoms with Gasteiger partial charge < -0.3 is 14.8 Å². The fourth-order valence-electron chi connectivity index (χ4n) is 2.33. The summed E-state index contributed by atoms with van der Waals surface area (Å²) in [4.78, 5) is 0.957. The average Bonchev–Trinajstić information content (AvgIpc) is 3.04. The molecule has 1 aliphatic heterocycles. The van der Waals surface area contributed by atoms with E-state index >= 15 is 0 Å². The maximum atomic E-state index is 13.9. The number of nitrogens with one attached hydrogen (secondary N) is 1. The minimum absolute atomic E-state index is 0.107. The first-order chi connectivity index (χ1) is 10.3. The fourth-order valence-corrected chi connectivity index (χ4v) is 3.08. The highest BCUT2D eigenvalue weighted by molar-refractivity contribution is 7.13.